The fourth-order valence-electron chi connectivity index (χ4n) is 5.86. The number of aromatic amines is 1. The molecule has 25 heavy (non-hydrogen) atoms. The molecule has 1 aromatic heterocycles. The number of methoxy groups -OCH3 is 1. The van der Waals surface area contributed by atoms with E-state index in [1.807, 2.05) is 0 Å². The zero-order valence-electron chi connectivity index (χ0n) is 14.3. The zero-order chi connectivity index (χ0) is 17.2. The maximum atomic E-state index is 12.9. The number of fused-ring (bicyclic) bond motifs is 1. The Morgan fingerprint density at radius 3 is 2.72 bits per heavy atom. The van der Waals surface area contributed by atoms with E-state index < -0.39 is 0 Å². The van der Waals surface area contributed by atoms with Crippen LogP contribution >= 0.6 is 0 Å². The van der Waals surface area contributed by atoms with Gasteiger partial charge < -0.3 is 15.0 Å². The van der Waals surface area contributed by atoms with Gasteiger partial charge >= 0.3 is 0 Å². The molecule has 4 fully saturated rings. The highest BCUT2D eigenvalue weighted by Gasteiger charge is 2.58. The first-order valence-electron chi connectivity index (χ1n) is 9.10. The molecule has 0 aliphatic heterocycles. The lowest BCUT2D eigenvalue weighted by Crippen LogP contribution is -2.50. The Bertz CT molecular complexity index is 918. The summed E-state index contributed by atoms with van der Waals surface area (Å²) in [5.41, 5.74) is 0.520. The molecule has 4 aliphatic rings. The number of pyridine rings is 1. The highest BCUT2D eigenvalue weighted by Crippen LogP contribution is 2.60. The van der Waals surface area contributed by atoms with Crippen molar-refractivity contribution in [1.82, 2.24) is 10.3 Å². The lowest BCUT2D eigenvalue weighted by Gasteiger charge is -2.33. The lowest BCUT2D eigenvalue weighted by atomic mass is 9.80. The van der Waals surface area contributed by atoms with Crippen LogP contribution in [0.2, 0.25) is 0 Å². The van der Waals surface area contributed by atoms with Gasteiger partial charge in [-0.05, 0) is 62.0 Å². The number of H-pyrrole nitrogens is 1. The highest BCUT2D eigenvalue weighted by atomic mass is 16.5. The third kappa shape index (κ3) is 2.08. The standard InChI is InChI=1S/C20H22N2O3/c1-25-16-4-2-3-14-17(16)21-10-15(18(14)23)19(24)22-20-8-11-5-12(9-20)7-13(20)6-11/h2-4,10-13H,5-9H2,1H3,(H,21,23)(H,22,24). The molecule has 6 rings (SSSR count). The molecular formula is C20H22N2O3. The van der Waals surface area contributed by atoms with E-state index in [0.717, 1.165) is 24.7 Å². The van der Waals surface area contributed by atoms with Crippen LogP contribution in [0.1, 0.15) is 42.5 Å². The quantitative estimate of drug-likeness (QED) is 0.904. The second kappa shape index (κ2) is 5.10. The van der Waals surface area contributed by atoms with Crippen LogP contribution in [0.5, 0.6) is 5.75 Å². The SMILES string of the molecule is COc1cccc2c(=O)c(C(=O)NC34CC5CC(CC3C5)C4)c[nH]c12. The van der Waals surface area contributed by atoms with Crippen LogP contribution in [0.3, 0.4) is 0 Å². The van der Waals surface area contributed by atoms with Crippen LogP contribution in [0.25, 0.3) is 10.9 Å². The van der Waals surface area contributed by atoms with Gasteiger partial charge in [0, 0.05) is 11.7 Å². The third-order valence-corrected chi connectivity index (χ3v) is 6.69. The number of hydrogen-bond acceptors (Lipinski definition) is 3. The van der Waals surface area contributed by atoms with E-state index in [2.05, 4.69) is 10.3 Å². The lowest BCUT2D eigenvalue weighted by molar-refractivity contribution is 0.0873. The maximum absolute atomic E-state index is 12.9. The first-order valence-corrected chi connectivity index (χ1v) is 9.10. The van der Waals surface area contributed by atoms with Crippen molar-refractivity contribution < 1.29 is 9.53 Å². The average molecular weight is 338 g/mol. The van der Waals surface area contributed by atoms with Gasteiger partial charge in [0.25, 0.3) is 5.91 Å². The first kappa shape index (κ1) is 15.0. The first-order chi connectivity index (χ1) is 12.1. The summed E-state index contributed by atoms with van der Waals surface area (Å²) < 4.78 is 5.29. The van der Waals surface area contributed by atoms with Crippen LogP contribution in [0.4, 0.5) is 0 Å². The normalized spacial score (nSPS) is 32.3. The van der Waals surface area contributed by atoms with Gasteiger partial charge in [-0.1, -0.05) is 6.07 Å². The molecular weight excluding hydrogens is 316 g/mol. The molecule has 5 nitrogen and oxygen atoms in total. The molecule has 2 unspecified atom stereocenters. The number of nitrogens with one attached hydrogen (secondary N) is 2. The maximum Gasteiger partial charge on any atom is 0.257 e. The minimum Gasteiger partial charge on any atom is -0.495 e. The van der Waals surface area contributed by atoms with Crippen LogP contribution in [-0.4, -0.2) is 23.5 Å². The largest absolute Gasteiger partial charge is 0.495 e. The summed E-state index contributed by atoms with van der Waals surface area (Å²) in [6.45, 7) is 0. The van der Waals surface area contributed by atoms with E-state index >= 15 is 0 Å². The molecule has 4 saturated carbocycles. The van der Waals surface area contributed by atoms with Gasteiger partial charge in [-0.15, -0.1) is 0 Å². The van der Waals surface area contributed by atoms with Crippen molar-refractivity contribution >= 4 is 16.8 Å². The van der Waals surface area contributed by atoms with Gasteiger partial charge in [0.15, 0.2) is 0 Å². The van der Waals surface area contributed by atoms with E-state index in [4.69, 9.17) is 4.74 Å². The Kier molecular flexibility index (Phi) is 3.06. The van der Waals surface area contributed by atoms with Crippen molar-refractivity contribution in [3.05, 3.63) is 40.2 Å². The smallest absolute Gasteiger partial charge is 0.257 e. The minimum atomic E-state index is -0.237. The number of hydrogen-bond donors (Lipinski definition) is 2. The molecule has 130 valence electrons. The summed E-state index contributed by atoms with van der Waals surface area (Å²) in [6.07, 6.45) is 7.49. The fraction of sp³-hybridized carbons (Fsp3) is 0.500. The summed E-state index contributed by atoms with van der Waals surface area (Å²) in [7, 11) is 1.57. The number of carbonyl (C=O) groups excluding carboxylic acids is 1. The molecule has 1 amide bonds. The van der Waals surface area contributed by atoms with Gasteiger partial charge in [-0.25, -0.2) is 0 Å². The topological polar surface area (TPSA) is 71.2 Å². The number of ether oxygens (including phenoxy) is 1. The predicted molar refractivity (Wildman–Crippen MR) is 94.9 cm³/mol. The predicted octanol–water partition coefficient (Wildman–Crippen LogP) is 2.85. The summed E-state index contributed by atoms with van der Waals surface area (Å²) in [5.74, 6) is 2.49. The molecule has 2 aromatic rings. The third-order valence-electron chi connectivity index (χ3n) is 6.69. The van der Waals surface area contributed by atoms with E-state index in [1.165, 1.54) is 25.5 Å². The van der Waals surface area contributed by atoms with Crippen molar-refractivity contribution in [3.63, 3.8) is 0 Å². The van der Waals surface area contributed by atoms with Gasteiger partial charge in [0.1, 0.15) is 11.3 Å². The molecule has 0 radical (unpaired) electrons. The number of para-hydroxylation sites is 1. The summed E-state index contributed by atoms with van der Waals surface area (Å²) in [6, 6.07) is 5.30. The Morgan fingerprint density at radius 1 is 1.24 bits per heavy atom. The van der Waals surface area contributed by atoms with Crippen molar-refractivity contribution in [3.8, 4) is 5.75 Å². The highest BCUT2D eigenvalue weighted by molar-refractivity contribution is 5.98. The monoisotopic (exact) mass is 338 g/mol. The van der Waals surface area contributed by atoms with Crippen LogP contribution in [0.15, 0.2) is 29.2 Å². The number of rotatable bonds is 3. The van der Waals surface area contributed by atoms with Gasteiger partial charge in [0.05, 0.1) is 18.0 Å². The molecule has 2 atom stereocenters. The zero-order valence-corrected chi connectivity index (χ0v) is 14.3. The van der Waals surface area contributed by atoms with Gasteiger partial charge in [-0.3, -0.25) is 9.59 Å². The molecule has 2 N–H and O–H groups in total. The molecule has 1 heterocycles. The molecule has 0 spiro atoms. The van der Waals surface area contributed by atoms with E-state index in [9.17, 15) is 9.59 Å². The van der Waals surface area contributed by atoms with Gasteiger partial charge in [0.2, 0.25) is 5.43 Å². The summed E-state index contributed by atoms with van der Waals surface area (Å²) in [4.78, 5) is 28.8. The van der Waals surface area contributed by atoms with E-state index in [1.54, 1.807) is 25.3 Å². The summed E-state index contributed by atoms with van der Waals surface area (Å²) >= 11 is 0. The van der Waals surface area contributed by atoms with Gasteiger partial charge in [-0.2, -0.15) is 0 Å². The Balaban J connectivity index is 1.50. The second-order valence-corrected chi connectivity index (χ2v) is 8.07. The summed E-state index contributed by atoms with van der Waals surface area (Å²) in [5, 5.41) is 3.76. The second-order valence-electron chi connectivity index (χ2n) is 8.07. The Labute approximate surface area is 145 Å². The molecule has 4 bridgehead atoms. The van der Waals surface area contributed by atoms with Crippen molar-refractivity contribution in [1.29, 1.82) is 0 Å². The molecule has 0 saturated heterocycles. The Hall–Kier alpha value is -2.30. The van der Waals surface area contributed by atoms with E-state index in [-0.39, 0.29) is 22.4 Å². The molecule has 4 aliphatic carbocycles. The van der Waals surface area contributed by atoms with Crippen molar-refractivity contribution in [2.75, 3.05) is 7.11 Å². The number of carbonyl (C=O) groups is 1. The number of benzene rings is 1. The van der Waals surface area contributed by atoms with Crippen LogP contribution in [-0.2, 0) is 0 Å². The Morgan fingerprint density at radius 2 is 2.00 bits per heavy atom. The van der Waals surface area contributed by atoms with Crippen LogP contribution in [0, 0.1) is 17.8 Å². The fourth-order valence-corrected chi connectivity index (χ4v) is 5.86. The van der Waals surface area contributed by atoms with Crippen molar-refractivity contribution in [2.45, 2.75) is 37.6 Å². The number of amides is 1. The van der Waals surface area contributed by atoms with E-state index in [0.29, 0.717) is 22.6 Å². The molecule has 1 aromatic carbocycles. The van der Waals surface area contributed by atoms with Crippen LogP contribution < -0.4 is 15.5 Å². The average Bonchev–Trinajstić information content (AvgIpc) is 2.98. The van der Waals surface area contributed by atoms with Crippen molar-refractivity contribution in [2.24, 2.45) is 17.8 Å². The molecule has 5 heteroatoms. The minimum absolute atomic E-state index is 0.0690. The number of aromatic nitrogens is 1.